The smallest absolute Gasteiger partial charge is 0.404 e. The fourth-order valence-corrected chi connectivity index (χ4v) is 4.18. The third-order valence-corrected chi connectivity index (χ3v) is 5.85. The highest BCUT2D eigenvalue weighted by molar-refractivity contribution is 7.91. The summed E-state index contributed by atoms with van der Waals surface area (Å²) in [6, 6.07) is 5.49. The van der Waals surface area contributed by atoms with Gasteiger partial charge in [-0.3, -0.25) is 0 Å². The average molecular weight is 422 g/mol. The van der Waals surface area contributed by atoms with Gasteiger partial charge >= 0.3 is 6.36 Å². The third-order valence-electron chi connectivity index (χ3n) is 4.01. The van der Waals surface area contributed by atoms with E-state index in [9.17, 15) is 30.4 Å². The molecule has 0 radical (unpaired) electrons. The number of sulfone groups is 1. The number of rotatable bonds is 8. The quantitative estimate of drug-likeness (QED) is 0.394. The molecule has 0 aromatic heterocycles. The second kappa shape index (κ2) is 8.89. The van der Waals surface area contributed by atoms with Gasteiger partial charge < -0.3 is 4.74 Å². The first-order valence-electron chi connectivity index (χ1n) is 8.61. The van der Waals surface area contributed by atoms with Gasteiger partial charge in [0.05, 0.1) is 5.75 Å². The molecule has 0 saturated carbocycles. The van der Waals surface area contributed by atoms with Crippen LogP contribution in [0.25, 0.3) is 11.1 Å². The number of alkyl halides is 3. The van der Waals surface area contributed by atoms with Crippen LogP contribution in [0.4, 0.5) is 22.0 Å². The SMILES string of the molecule is CCCCCCS(=O)(=O)c1ccc(-c2ccc(F)cc2F)cc1OC(F)(F)F. The van der Waals surface area contributed by atoms with Crippen LogP contribution in [0, 0.1) is 11.6 Å². The highest BCUT2D eigenvalue weighted by Crippen LogP contribution is 2.35. The van der Waals surface area contributed by atoms with Gasteiger partial charge in [0.15, 0.2) is 9.84 Å². The molecule has 0 saturated heterocycles. The lowest BCUT2D eigenvalue weighted by Gasteiger charge is -2.15. The summed E-state index contributed by atoms with van der Waals surface area (Å²) in [6.07, 6.45) is -2.52. The maximum Gasteiger partial charge on any atom is 0.573 e. The van der Waals surface area contributed by atoms with Gasteiger partial charge in [-0.05, 0) is 36.2 Å². The lowest BCUT2D eigenvalue weighted by molar-refractivity contribution is -0.275. The number of ether oxygens (including phenoxy) is 1. The van der Waals surface area contributed by atoms with E-state index in [0.29, 0.717) is 18.9 Å². The Kier molecular flexibility index (Phi) is 7.03. The lowest BCUT2D eigenvalue weighted by Crippen LogP contribution is -2.19. The molecule has 0 aliphatic heterocycles. The summed E-state index contributed by atoms with van der Waals surface area (Å²) in [5, 5.41) is 0. The Hall–Kier alpha value is -2.16. The topological polar surface area (TPSA) is 43.4 Å². The Morgan fingerprint density at radius 3 is 2.29 bits per heavy atom. The van der Waals surface area contributed by atoms with E-state index < -0.39 is 38.5 Å². The van der Waals surface area contributed by atoms with Crippen molar-refractivity contribution in [1.82, 2.24) is 0 Å². The first-order chi connectivity index (χ1) is 13.0. The Labute approximate surface area is 160 Å². The van der Waals surface area contributed by atoms with Gasteiger partial charge in [0, 0.05) is 11.6 Å². The van der Waals surface area contributed by atoms with Crippen LogP contribution in [0.5, 0.6) is 5.75 Å². The van der Waals surface area contributed by atoms with Crippen molar-refractivity contribution in [2.24, 2.45) is 0 Å². The van der Waals surface area contributed by atoms with Crippen molar-refractivity contribution in [2.45, 2.75) is 43.9 Å². The summed E-state index contributed by atoms with van der Waals surface area (Å²) in [5.74, 6) is -3.11. The van der Waals surface area contributed by atoms with Gasteiger partial charge in [0.25, 0.3) is 0 Å². The van der Waals surface area contributed by atoms with Crippen molar-refractivity contribution in [3.05, 3.63) is 48.0 Å². The molecule has 3 nitrogen and oxygen atoms in total. The van der Waals surface area contributed by atoms with E-state index >= 15 is 0 Å². The fraction of sp³-hybridized carbons (Fsp3) is 0.368. The minimum Gasteiger partial charge on any atom is -0.404 e. The van der Waals surface area contributed by atoms with Crippen LogP contribution in [0.2, 0.25) is 0 Å². The van der Waals surface area contributed by atoms with Gasteiger partial charge in [-0.25, -0.2) is 17.2 Å². The minimum absolute atomic E-state index is 0.0679. The molecule has 0 bridgehead atoms. The highest BCUT2D eigenvalue weighted by Gasteiger charge is 2.34. The molecule has 2 aromatic rings. The fourth-order valence-electron chi connectivity index (χ4n) is 2.69. The summed E-state index contributed by atoms with van der Waals surface area (Å²) in [5.41, 5.74) is -0.248. The minimum atomic E-state index is -5.13. The number of hydrogen-bond donors (Lipinski definition) is 0. The average Bonchev–Trinajstić information content (AvgIpc) is 2.57. The Bertz CT molecular complexity index is 924. The maximum absolute atomic E-state index is 14.0. The normalized spacial score (nSPS) is 12.2. The van der Waals surface area contributed by atoms with E-state index in [0.717, 1.165) is 37.1 Å². The molecule has 2 rings (SSSR count). The van der Waals surface area contributed by atoms with Crippen LogP contribution in [0.15, 0.2) is 41.3 Å². The summed E-state index contributed by atoms with van der Waals surface area (Å²) in [7, 11) is -4.04. The number of halogens is 5. The summed E-state index contributed by atoms with van der Waals surface area (Å²) >= 11 is 0. The van der Waals surface area contributed by atoms with Crippen molar-refractivity contribution < 1.29 is 35.1 Å². The zero-order chi connectivity index (χ0) is 20.9. The van der Waals surface area contributed by atoms with Crippen molar-refractivity contribution >= 4 is 9.84 Å². The maximum atomic E-state index is 14.0. The zero-order valence-electron chi connectivity index (χ0n) is 15.0. The van der Waals surface area contributed by atoms with Gasteiger partial charge in [-0.15, -0.1) is 13.2 Å². The van der Waals surface area contributed by atoms with Crippen LogP contribution in [-0.2, 0) is 9.84 Å². The van der Waals surface area contributed by atoms with E-state index in [1.165, 1.54) is 6.07 Å². The van der Waals surface area contributed by atoms with Gasteiger partial charge in [0.2, 0.25) is 0 Å². The second-order valence-electron chi connectivity index (χ2n) is 6.21. The molecule has 0 fully saturated rings. The number of benzene rings is 2. The van der Waals surface area contributed by atoms with E-state index in [4.69, 9.17) is 0 Å². The van der Waals surface area contributed by atoms with Crippen molar-refractivity contribution in [3.8, 4) is 16.9 Å². The lowest BCUT2D eigenvalue weighted by atomic mass is 10.0. The third kappa shape index (κ3) is 5.92. The molecule has 0 spiro atoms. The first kappa shape index (κ1) is 22.1. The van der Waals surface area contributed by atoms with Gasteiger partial charge in [0.1, 0.15) is 22.3 Å². The molecule has 28 heavy (non-hydrogen) atoms. The van der Waals surface area contributed by atoms with Crippen LogP contribution >= 0.6 is 0 Å². The first-order valence-corrected chi connectivity index (χ1v) is 10.3. The molecule has 0 atom stereocenters. The molecule has 0 aliphatic rings. The molecule has 2 aromatic carbocycles. The second-order valence-corrected chi connectivity index (χ2v) is 8.29. The molecule has 0 unspecified atom stereocenters. The molecule has 0 amide bonds. The Balaban J connectivity index is 2.45. The van der Waals surface area contributed by atoms with E-state index in [2.05, 4.69) is 4.74 Å². The number of hydrogen-bond acceptors (Lipinski definition) is 3. The largest absolute Gasteiger partial charge is 0.573 e. The van der Waals surface area contributed by atoms with Gasteiger partial charge in [-0.2, -0.15) is 0 Å². The summed E-state index contributed by atoms with van der Waals surface area (Å²) < 4.78 is 94.3. The molecular weight excluding hydrogens is 403 g/mol. The predicted octanol–water partition coefficient (Wildman–Crippen LogP) is 5.88. The van der Waals surface area contributed by atoms with E-state index in [1.807, 2.05) is 6.92 Å². The van der Waals surface area contributed by atoms with Crippen molar-refractivity contribution in [1.29, 1.82) is 0 Å². The van der Waals surface area contributed by atoms with Crippen LogP contribution < -0.4 is 4.74 Å². The monoisotopic (exact) mass is 422 g/mol. The Morgan fingerprint density at radius 2 is 1.68 bits per heavy atom. The highest BCUT2D eigenvalue weighted by atomic mass is 32.2. The van der Waals surface area contributed by atoms with Crippen LogP contribution in [0.3, 0.4) is 0 Å². The summed E-state index contributed by atoms with van der Waals surface area (Å²) in [4.78, 5) is -0.618. The molecular formula is C19H19F5O3S. The Morgan fingerprint density at radius 1 is 0.964 bits per heavy atom. The molecule has 0 heterocycles. The van der Waals surface area contributed by atoms with Crippen LogP contribution in [0.1, 0.15) is 32.6 Å². The molecule has 9 heteroatoms. The van der Waals surface area contributed by atoms with Gasteiger partial charge in [-0.1, -0.05) is 32.3 Å². The van der Waals surface area contributed by atoms with Crippen LogP contribution in [-0.4, -0.2) is 20.5 Å². The molecule has 0 N–H and O–H groups in total. The predicted molar refractivity (Wildman–Crippen MR) is 94.7 cm³/mol. The van der Waals surface area contributed by atoms with E-state index in [1.54, 1.807) is 0 Å². The van der Waals surface area contributed by atoms with Crippen molar-refractivity contribution in [2.75, 3.05) is 5.75 Å². The summed E-state index contributed by atoms with van der Waals surface area (Å²) in [6.45, 7) is 1.94. The zero-order valence-corrected chi connectivity index (χ0v) is 15.8. The standard InChI is InChI=1S/C19H19F5O3S/c1-2-3-4-5-10-28(25,26)18-9-6-13(11-17(18)27-19(22,23)24)15-8-7-14(20)12-16(15)21/h6-9,11-12H,2-5,10H2,1H3. The number of unbranched alkanes of at least 4 members (excludes halogenated alkanes) is 3. The molecule has 0 aliphatic carbocycles. The van der Waals surface area contributed by atoms with E-state index in [-0.39, 0.29) is 16.9 Å². The van der Waals surface area contributed by atoms with Crippen molar-refractivity contribution in [3.63, 3.8) is 0 Å². The molecule has 154 valence electrons.